The van der Waals surface area contributed by atoms with Gasteiger partial charge in [0.2, 0.25) is 5.13 Å². The Morgan fingerprint density at radius 1 is 1.53 bits per heavy atom. The second-order valence-electron chi connectivity index (χ2n) is 2.81. The molecule has 0 saturated carbocycles. The highest BCUT2D eigenvalue weighted by Crippen LogP contribution is 2.16. The molecule has 0 spiro atoms. The zero-order chi connectivity index (χ0) is 10.7. The summed E-state index contributed by atoms with van der Waals surface area (Å²) in [4.78, 5) is 8.20. The predicted octanol–water partition coefficient (Wildman–Crippen LogP) is 1.86. The molecule has 6 heteroatoms. The SMILES string of the molecule is Cc1nsc(Nc2cc(C#N)ccn2)n1. The van der Waals surface area contributed by atoms with E-state index in [4.69, 9.17) is 5.26 Å². The topological polar surface area (TPSA) is 74.5 Å². The molecule has 2 heterocycles. The first kappa shape index (κ1) is 9.55. The summed E-state index contributed by atoms with van der Waals surface area (Å²) in [6.45, 7) is 1.82. The average molecular weight is 217 g/mol. The number of nitriles is 1. The molecule has 2 aromatic heterocycles. The molecular formula is C9H7N5S. The van der Waals surface area contributed by atoms with E-state index in [1.54, 1.807) is 18.3 Å². The molecule has 0 aliphatic heterocycles. The van der Waals surface area contributed by atoms with Gasteiger partial charge in [-0.2, -0.15) is 9.64 Å². The van der Waals surface area contributed by atoms with Crippen LogP contribution in [0, 0.1) is 18.3 Å². The lowest BCUT2D eigenvalue weighted by Crippen LogP contribution is -1.93. The van der Waals surface area contributed by atoms with E-state index in [1.165, 1.54) is 11.5 Å². The number of rotatable bonds is 2. The molecule has 0 aromatic carbocycles. The van der Waals surface area contributed by atoms with E-state index in [1.807, 2.05) is 13.0 Å². The minimum Gasteiger partial charge on any atom is -0.315 e. The van der Waals surface area contributed by atoms with E-state index >= 15 is 0 Å². The van der Waals surface area contributed by atoms with Crippen LogP contribution >= 0.6 is 11.5 Å². The summed E-state index contributed by atoms with van der Waals surface area (Å²) in [5.74, 6) is 1.32. The third-order valence-electron chi connectivity index (χ3n) is 1.65. The zero-order valence-electron chi connectivity index (χ0n) is 7.93. The summed E-state index contributed by atoms with van der Waals surface area (Å²) < 4.78 is 4.03. The van der Waals surface area contributed by atoms with Crippen LogP contribution in [0.15, 0.2) is 18.3 Å². The average Bonchev–Trinajstić information content (AvgIpc) is 2.64. The lowest BCUT2D eigenvalue weighted by atomic mass is 10.3. The lowest BCUT2D eigenvalue weighted by molar-refractivity contribution is 1.16. The maximum absolute atomic E-state index is 8.70. The standard InChI is InChI=1S/C9H7N5S/c1-6-12-9(15-14-6)13-8-4-7(5-10)2-3-11-8/h2-4H,1H3,(H,11,12,13,14). The van der Waals surface area contributed by atoms with E-state index in [0.717, 1.165) is 5.82 Å². The number of nitrogens with zero attached hydrogens (tertiary/aromatic N) is 4. The first-order valence-electron chi connectivity index (χ1n) is 4.21. The van der Waals surface area contributed by atoms with Crippen LogP contribution in [0.25, 0.3) is 0 Å². The smallest absolute Gasteiger partial charge is 0.208 e. The first-order chi connectivity index (χ1) is 7.28. The molecular weight excluding hydrogens is 210 g/mol. The van der Waals surface area contributed by atoms with E-state index in [-0.39, 0.29) is 0 Å². The summed E-state index contributed by atoms with van der Waals surface area (Å²) in [6.07, 6.45) is 1.58. The Hall–Kier alpha value is -2.00. The molecule has 0 unspecified atom stereocenters. The van der Waals surface area contributed by atoms with Crippen molar-refractivity contribution < 1.29 is 0 Å². The fourth-order valence-electron chi connectivity index (χ4n) is 1.03. The number of nitrogens with one attached hydrogen (secondary N) is 1. The number of aryl methyl sites for hydroxylation is 1. The molecule has 2 rings (SSSR count). The maximum atomic E-state index is 8.70. The Labute approximate surface area is 90.6 Å². The molecule has 0 aliphatic carbocycles. The fraction of sp³-hybridized carbons (Fsp3) is 0.111. The van der Waals surface area contributed by atoms with Gasteiger partial charge in [0.05, 0.1) is 11.6 Å². The van der Waals surface area contributed by atoms with Crippen LogP contribution in [0.4, 0.5) is 10.9 Å². The second-order valence-corrected chi connectivity index (χ2v) is 3.57. The Morgan fingerprint density at radius 3 is 3.07 bits per heavy atom. The molecule has 15 heavy (non-hydrogen) atoms. The van der Waals surface area contributed by atoms with Crippen molar-refractivity contribution in [2.75, 3.05) is 5.32 Å². The van der Waals surface area contributed by atoms with Crippen molar-refractivity contribution in [3.63, 3.8) is 0 Å². The summed E-state index contributed by atoms with van der Waals surface area (Å²) in [7, 11) is 0. The second kappa shape index (κ2) is 4.02. The van der Waals surface area contributed by atoms with Gasteiger partial charge in [0.25, 0.3) is 0 Å². The van der Waals surface area contributed by atoms with Crippen molar-refractivity contribution in [2.24, 2.45) is 0 Å². The molecule has 0 bridgehead atoms. The molecule has 0 fully saturated rings. The Balaban J connectivity index is 2.21. The van der Waals surface area contributed by atoms with Gasteiger partial charge in [-0.3, -0.25) is 0 Å². The molecule has 1 N–H and O–H groups in total. The minimum absolute atomic E-state index is 0.564. The van der Waals surface area contributed by atoms with Gasteiger partial charge in [0.15, 0.2) is 0 Å². The number of aromatic nitrogens is 3. The highest BCUT2D eigenvalue weighted by molar-refractivity contribution is 7.09. The molecule has 0 saturated heterocycles. The van der Waals surface area contributed by atoms with Gasteiger partial charge in [-0.1, -0.05) is 0 Å². The van der Waals surface area contributed by atoms with Gasteiger partial charge in [0.1, 0.15) is 11.6 Å². The number of hydrogen-bond donors (Lipinski definition) is 1. The van der Waals surface area contributed by atoms with E-state index in [2.05, 4.69) is 19.7 Å². The van der Waals surface area contributed by atoms with E-state index in [9.17, 15) is 0 Å². The molecule has 2 aromatic rings. The van der Waals surface area contributed by atoms with Crippen molar-refractivity contribution in [3.8, 4) is 6.07 Å². The van der Waals surface area contributed by atoms with Gasteiger partial charge in [0, 0.05) is 17.7 Å². The molecule has 0 amide bonds. The van der Waals surface area contributed by atoms with Crippen molar-refractivity contribution in [1.82, 2.24) is 14.3 Å². The molecule has 0 aliphatic rings. The fourth-order valence-corrected chi connectivity index (χ4v) is 1.61. The van der Waals surface area contributed by atoms with E-state index < -0.39 is 0 Å². The number of hydrogen-bond acceptors (Lipinski definition) is 6. The van der Waals surface area contributed by atoms with E-state index in [0.29, 0.717) is 16.5 Å². The first-order valence-corrected chi connectivity index (χ1v) is 4.99. The third kappa shape index (κ3) is 2.27. The van der Waals surface area contributed by atoms with Crippen LogP contribution in [-0.2, 0) is 0 Å². The maximum Gasteiger partial charge on any atom is 0.208 e. The highest BCUT2D eigenvalue weighted by atomic mass is 32.1. The van der Waals surface area contributed by atoms with Crippen molar-refractivity contribution in [2.45, 2.75) is 6.92 Å². The van der Waals surface area contributed by atoms with Gasteiger partial charge in [-0.15, -0.1) is 0 Å². The van der Waals surface area contributed by atoms with Crippen molar-refractivity contribution in [3.05, 3.63) is 29.7 Å². The van der Waals surface area contributed by atoms with Crippen LogP contribution in [0.5, 0.6) is 0 Å². The third-order valence-corrected chi connectivity index (χ3v) is 2.37. The molecule has 74 valence electrons. The van der Waals surface area contributed by atoms with Crippen LogP contribution < -0.4 is 5.32 Å². The summed E-state index contributed by atoms with van der Waals surface area (Å²) in [5, 5.41) is 12.4. The predicted molar refractivity (Wildman–Crippen MR) is 56.9 cm³/mol. The van der Waals surface area contributed by atoms with Gasteiger partial charge < -0.3 is 5.32 Å². The van der Waals surface area contributed by atoms with Crippen molar-refractivity contribution in [1.29, 1.82) is 5.26 Å². The molecule has 0 radical (unpaired) electrons. The number of pyridine rings is 1. The molecule has 0 atom stereocenters. The van der Waals surface area contributed by atoms with Crippen molar-refractivity contribution >= 4 is 22.5 Å². The Morgan fingerprint density at radius 2 is 2.40 bits per heavy atom. The zero-order valence-corrected chi connectivity index (χ0v) is 8.75. The van der Waals surface area contributed by atoms with Gasteiger partial charge >= 0.3 is 0 Å². The summed E-state index contributed by atoms with van der Waals surface area (Å²) in [6, 6.07) is 5.36. The largest absolute Gasteiger partial charge is 0.315 e. The quantitative estimate of drug-likeness (QED) is 0.831. The Kier molecular flexibility index (Phi) is 2.56. The van der Waals surface area contributed by atoms with Crippen LogP contribution in [0.2, 0.25) is 0 Å². The highest BCUT2D eigenvalue weighted by Gasteiger charge is 2.01. The normalized spacial score (nSPS) is 9.60. The monoisotopic (exact) mass is 217 g/mol. The van der Waals surface area contributed by atoms with Crippen LogP contribution in [-0.4, -0.2) is 14.3 Å². The van der Waals surface area contributed by atoms with Crippen LogP contribution in [0.1, 0.15) is 11.4 Å². The van der Waals surface area contributed by atoms with Gasteiger partial charge in [-0.05, 0) is 19.1 Å². The summed E-state index contributed by atoms with van der Waals surface area (Å²) >= 11 is 1.26. The minimum atomic E-state index is 0.564. The van der Waals surface area contributed by atoms with Crippen LogP contribution in [0.3, 0.4) is 0 Å². The summed E-state index contributed by atoms with van der Waals surface area (Å²) in [5.41, 5.74) is 0.564. The number of anilines is 2. The van der Waals surface area contributed by atoms with Gasteiger partial charge in [-0.25, -0.2) is 9.97 Å². The lowest BCUT2D eigenvalue weighted by Gasteiger charge is -1.99. The Bertz CT molecular complexity index is 513. The molecule has 5 nitrogen and oxygen atoms in total.